The number of nitrogens with two attached hydrogens (primary N) is 1. The first kappa shape index (κ1) is 19.9. The largest absolute Gasteiger partial charge is 0.381 e. The molecule has 1 heterocycles. The third kappa shape index (κ3) is 5.53. The van der Waals surface area contributed by atoms with E-state index in [0.29, 0.717) is 19.7 Å². The molecule has 0 aromatic heterocycles. The number of carbonyl (C=O) groups excluding carboxylic acids is 1. The maximum atomic E-state index is 12.5. The first-order chi connectivity index (χ1) is 12.1. The van der Waals surface area contributed by atoms with Crippen molar-refractivity contribution in [3.05, 3.63) is 35.4 Å². The molecule has 0 atom stereocenters. The minimum Gasteiger partial charge on any atom is -0.381 e. The lowest BCUT2D eigenvalue weighted by molar-refractivity contribution is -0.131. The van der Waals surface area contributed by atoms with Gasteiger partial charge in [-0.15, -0.1) is 0 Å². The van der Waals surface area contributed by atoms with E-state index in [0.717, 1.165) is 50.0 Å². The molecule has 0 unspecified atom stereocenters. The van der Waals surface area contributed by atoms with Crippen LogP contribution in [0.15, 0.2) is 24.3 Å². The van der Waals surface area contributed by atoms with Crippen LogP contribution in [0.4, 0.5) is 0 Å². The van der Waals surface area contributed by atoms with Crippen molar-refractivity contribution in [2.75, 3.05) is 19.8 Å². The molecule has 25 heavy (non-hydrogen) atoms. The van der Waals surface area contributed by atoms with Crippen molar-refractivity contribution in [1.29, 1.82) is 0 Å². The summed E-state index contributed by atoms with van der Waals surface area (Å²) in [6.45, 7) is 7.11. The van der Waals surface area contributed by atoms with Crippen molar-refractivity contribution in [2.24, 2.45) is 11.1 Å². The maximum absolute atomic E-state index is 12.5. The van der Waals surface area contributed by atoms with Gasteiger partial charge in [-0.2, -0.15) is 0 Å². The van der Waals surface area contributed by atoms with Gasteiger partial charge in [0.15, 0.2) is 0 Å². The lowest BCUT2D eigenvalue weighted by atomic mass is 9.81. The van der Waals surface area contributed by atoms with Crippen molar-refractivity contribution < 1.29 is 14.3 Å². The van der Waals surface area contributed by atoms with Crippen molar-refractivity contribution in [3.8, 4) is 0 Å². The van der Waals surface area contributed by atoms with E-state index in [4.69, 9.17) is 15.2 Å². The highest BCUT2D eigenvalue weighted by Crippen LogP contribution is 2.25. The predicted molar refractivity (Wildman–Crippen MR) is 99.0 cm³/mol. The van der Waals surface area contributed by atoms with Gasteiger partial charge in [-0.1, -0.05) is 38.1 Å². The van der Waals surface area contributed by atoms with Crippen molar-refractivity contribution >= 4 is 5.91 Å². The zero-order valence-electron chi connectivity index (χ0n) is 15.6. The molecule has 1 aromatic carbocycles. The minimum absolute atomic E-state index is 0.0452. The van der Waals surface area contributed by atoms with Gasteiger partial charge in [-0.25, -0.2) is 0 Å². The summed E-state index contributed by atoms with van der Waals surface area (Å²) in [4.78, 5) is 12.5. The Hall–Kier alpha value is -1.43. The Kier molecular flexibility index (Phi) is 7.88. The van der Waals surface area contributed by atoms with Crippen molar-refractivity contribution in [1.82, 2.24) is 5.32 Å². The van der Waals surface area contributed by atoms with Crippen molar-refractivity contribution in [3.63, 3.8) is 0 Å². The highest BCUT2D eigenvalue weighted by atomic mass is 16.5. The molecule has 0 radical (unpaired) electrons. The zero-order valence-corrected chi connectivity index (χ0v) is 15.6. The summed E-state index contributed by atoms with van der Waals surface area (Å²) >= 11 is 0. The van der Waals surface area contributed by atoms with E-state index in [-0.39, 0.29) is 12.0 Å². The van der Waals surface area contributed by atoms with E-state index in [1.165, 1.54) is 0 Å². The Balaban J connectivity index is 1.87. The average Bonchev–Trinajstić information content (AvgIpc) is 2.68. The first-order valence-corrected chi connectivity index (χ1v) is 9.39. The summed E-state index contributed by atoms with van der Waals surface area (Å²) < 4.78 is 11.3. The van der Waals surface area contributed by atoms with E-state index < -0.39 is 5.41 Å². The third-order valence-corrected chi connectivity index (χ3v) is 5.32. The summed E-state index contributed by atoms with van der Waals surface area (Å²) in [5.41, 5.74) is 7.61. The summed E-state index contributed by atoms with van der Waals surface area (Å²) in [5.74, 6) is 0.0452. The molecule has 0 spiro atoms. The number of ether oxygens (including phenoxy) is 2. The van der Waals surface area contributed by atoms with Crippen LogP contribution in [0.5, 0.6) is 0 Å². The van der Waals surface area contributed by atoms with Gasteiger partial charge < -0.3 is 20.5 Å². The van der Waals surface area contributed by atoms with Crippen LogP contribution in [0.3, 0.4) is 0 Å². The molecular weight excluding hydrogens is 316 g/mol. The molecule has 1 fully saturated rings. The molecule has 0 bridgehead atoms. The average molecular weight is 348 g/mol. The monoisotopic (exact) mass is 348 g/mol. The topological polar surface area (TPSA) is 73.6 Å². The molecule has 1 aliphatic heterocycles. The first-order valence-electron chi connectivity index (χ1n) is 9.39. The number of hydrogen-bond acceptors (Lipinski definition) is 4. The van der Waals surface area contributed by atoms with E-state index in [1.54, 1.807) is 0 Å². The summed E-state index contributed by atoms with van der Waals surface area (Å²) in [5, 5.41) is 3.05. The molecule has 5 nitrogen and oxygen atoms in total. The Morgan fingerprint density at radius 1 is 1.28 bits per heavy atom. The lowest BCUT2D eigenvalue weighted by Crippen LogP contribution is -2.45. The number of hydrogen-bond donors (Lipinski definition) is 2. The Morgan fingerprint density at radius 3 is 2.60 bits per heavy atom. The zero-order chi connectivity index (χ0) is 18.1. The highest BCUT2D eigenvalue weighted by Gasteiger charge is 2.32. The number of carbonyl (C=O) groups is 1. The van der Waals surface area contributed by atoms with E-state index in [1.807, 2.05) is 26.0 Å². The summed E-state index contributed by atoms with van der Waals surface area (Å²) in [7, 11) is 0. The molecule has 0 saturated carbocycles. The second kappa shape index (κ2) is 9.90. The van der Waals surface area contributed by atoms with Crippen LogP contribution in [0.1, 0.15) is 50.7 Å². The lowest BCUT2D eigenvalue weighted by Gasteiger charge is -2.28. The molecule has 3 N–H and O–H groups in total. The van der Waals surface area contributed by atoms with Crippen LogP contribution in [-0.2, 0) is 27.4 Å². The SMILES string of the molecule is CCC(CC)(CN)C(=O)NCc1cccc(COC2CCOCC2)c1. The van der Waals surface area contributed by atoms with Crippen LogP contribution in [0.2, 0.25) is 0 Å². The predicted octanol–water partition coefficient (Wildman–Crippen LogP) is 2.76. The standard InChI is InChI=1S/C20H32N2O3/c1-3-20(4-2,15-21)19(23)22-13-16-6-5-7-17(12-16)14-25-18-8-10-24-11-9-18/h5-7,12,18H,3-4,8-11,13-15,21H2,1-2H3,(H,22,23). The van der Waals surface area contributed by atoms with Gasteiger partial charge in [-0.05, 0) is 36.8 Å². The normalized spacial score (nSPS) is 16.0. The second-order valence-corrected chi connectivity index (χ2v) is 6.82. The number of benzene rings is 1. The molecule has 2 rings (SSSR count). The quantitative estimate of drug-likeness (QED) is 0.720. The molecular formula is C20H32N2O3. The number of rotatable bonds is 9. The van der Waals surface area contributed by atoms with Crippen LogP contribution in [0, 0.1) is 5.41 Å². The van der Waals surface area contributed by atoms with Gasteiger partial charge in [0.1, 0.15) is 0 Å². The van der Waals surface area contributed by atoms with Crippen molar-refractivity contribution in [2.45, 2.75) is 58.8 Å². The van der Waals surface area contributed by atoms with Crippen LogP contribution in [0.25, 0.3) is 0 Å². The molecule has 1 amide bonds. The Bertz CT molecular complexity index is 529. The van der Waals surface area contributed by atoms with Gasteiger partial charge >= 0.3 is 0 Å². The number of amides is 1. The summed E-state index contributed by atoms with van der Waals surface area (Å²) in [6.07, 6.45) is 3.72. The summed E-state index contributed by atoms with van der Waals surface area (Å²) in [6, 6.07) is 8.20. The minimum atomic E-state index is -0.455. The van der Waals surface area contributed by atoms with Gasteiger partial charge in [0.25, 0.3) is 0 Å². The molecule has 1 saturated heterocycles. The van der Waals surface area contributed by atoms with Gasteiger partial charge in [0, 0.05) is 26.3 Å². The molecule has 1 aromatic rings. The Morgan fingerprint density at radius 2 is 1.96 bits per heavy atom. The fraction of sp³-hybridized carbons (Fsp3) is 0.650. The van der Waals surface area contributed by atoms with Gasteiger partial charge in [-0.3, -0.25) is 4.79 Å². The molecule has 5 heteroatoms. The van der Waals surface area contributed by atoms with E-state index >= 15 is 0 Å². The highest BCUT2D eigenvalue weighted by molar-refractivity contribution is 5.82. The second-order valence-electron chi connectivity index (χ2n) is 6.82. The molecule has 1 aliphatic rings. The molecule has 140 valence electrons. The maximum Gasteiger partial charge on any atom is 0.227 e. The Labute approximate surface area is 151 Å². The smallest absolute Gasteiger partial charge is 0.227 e. The van der Waals surface area contributed by atoms with Crippen LogP contribution < -0.4 is 11.1 Å². The third-order valence-electron chi connectivity index (χ3n) is 5.32. The molecule has 0 aliphatic carbocycles. The van der Waals surface area contributed by atoms with Crippen LogP contribution >= 0.6 is 0 Å². The van der Waals surface area contributed by atoms with Gasteiger partial charge in [0.05, 0.1) is 18.1 Å². The number of nitrogens with one attached hydrogen (secondary N) is 1. The fourth-order valence-electron chi connectivity index (χ4n) is 3.21. The van der Waals surface area contributed by atoms with E-state index in [2.05, 4.69) is 17.4 Å². The van der Waals surface area contributed by atoms with E-state index in [9.17, 15) is 4.79 Å². The fourth-order valence-corrected chi connectivity index (χ4v) is 3.21. The van der Waals surface area contributed by atoms with Gasteiger partial charge in [0.2, 0.25) is 5.91 Å². The van der Waals surface area contributed by atoms with Crippen LogP contribution in [-0.4, -0.2) is 31.8 Å².